The van der Waals surface area contributed by atoms with E-state index in [2.05, 4.69) is 9.98 Å². The molecule has 140 valence electrons. The largest absolute Gasteiger partial charge is 0.489 e. The van der Waals surface area contributed by atoms with Gasteiger partial charge in [0, 0.05) is 25.2 Å². The van der Waals surface area contributed by atoms with Crippen LogP contribution < -0.4 is 16.2 Å². The molecule has 1 aromatic rings. The molecule has 0 bridgehead atoms. The summed E-state index contributed by atoms with van der Waals surface area (Å²) in [6.45, 7) is 5.25. The number of amidine groups is 1. The summed E-state index contributed by atoms with van der Waals surface area (Å²) in [5.74, 6) is 0.744. The highest BCUT2D eigenvalue weighted by Gasteiger charge is 2.43. The molecule has 0 saturated carbocycles. The molecule has 2 saturated heterocycles. The van der Waals surface area contributed by atoms with Crippen molar-refractivity contribution in [1.82, 2.24) is 10.0 Å². The number of hydrogen-bond acceptors (Lipinski definition) is 7. The van der Waals surface area contributed by atoms with Gasteiger partial charge in [0.05, 0.1) is 23.7 Å². The fraction of sp³-hybridized carbons (Fsp3) is 0.471. The van der Waals surface area contributed by atoms with Crippen LogP contribution in [-0.2, 0) is 4.79 Å². The molecule has 0 aliphatic carbocycles. The highest BCUT2D eigenvalue weighted by atomic mass is 16.5. The minimum absolute atomic E-state index is 0.0239. The van der Waals surface area contributed by atoms with Gasteiger partial charge in [0.2, 0.25) is 0 Å². The molecule has 2 aliphatic rings. The number of carbonyl (C=O) groups excluding carboxylic acids is 1. The summed E-state index contributed by atoms with van der Waals surface area (Å²) in [5.41, 5.74) is 13.3. The SMILES string of the molecule is CC(C)N=C1C(=Nc2cc(OCCO)c(N)cc2N)C(=O)N2CCCN12. The van der Waals surface area contributed by atoms with Crippen molar-refractivity contribution in [2.24, 2.45) is 9.98 Å². The number of fused-ring (bicyclic) bond motifs is 1. The Morgan fingerprint density at radius 3 is 2.65 bits per heavy atom. The molecule has 1 aromatic carbocycles. The molecule has 9 heteroatoms. The van der Waals surface area contributed by atoms with Gasteiger partial charge in [-0.3, -0.25) is 14.8 Å². The molecule has 26 heavy (non-hydrogen) atoms. The van der Waals surface area contributed by atoms with Gasteiger partial charge in [0.1, 0.15) is 12.4 Å². The standard InChI is InChI=1S/C17H24N6O3/c1-10(2)20-16-15(17(25)23-5-3-4-22(16)23)21-13-9-14(26-7-6-24)12(19)8-11(13)18/h8-10,24H,3-7,18-19H2,1-2H3. The summed E-state index contributed by atoms with van der Waals surface area (Å²) in [6.07, 6.45) is 0.902. The van der Waals surface area contributed by atoms with Crippen molar-refractivity contribution in [3.8, 4) is 5.75 Å². The van der Waals surface area contributed by atoms with Gasteiger partial charge in [-0.15, -0.1) is 0 Å². The third-order valence-corrected chi connectivity index (χ3v) is 4.05. The summed E-state index contributed by atoms with van der Waals surface area (Å²) in [5, 5.41) is 12.5. The summed E-state index contributed by atoms with van der Waals surface area (Å²) in [7, 11) is 0. The van der Waals surface area contributed by atoms with E-state index in [0.29, 0.717) is 35.2 Å². The van der Waals surface area contributed by atoms with Crippen LogP contribution in [0.2, 0.25) is 0 Å². The number of amides is 1. The zero-order valence-corrected chi connectivity index (χ0v) is 15.0. The predicted octanol–water partition coefficient (Wildman–Crippen LogP) is 0.564. The number of hydrazine groups is 1. The molecule has 9 nitrogen and oxygen atoms in total. The van der Waals surface area contributed by atoms with Crippen molar-refractivity contribution in [3.63, 3.8) is 0 Å². The molecule has 2 fully saturated rings. The maximum absolute atomic E-state index is 12.8. The van der Waals surface area contributed by atoms with E-state index in [1.54, 1.807) is 11.1 Å². The van der Waals surface area contributed by atoms with Gasteiger partial charge in [-0.25, -0.2) is 10.0 Å². The van der Waals surface area contributed by atoms with Crippen LogP contribution in [0, 0.1) is 0 Å². The lowest BCUT2D eigenvalue weighted by atomic mass is 10.2. The number of benzene rings is 1. The average Bonchev–Trinajstić information content (AvgIpc) is 3.14. The van der Waals surface area contributed by atoms with E-state index in [4.69, 9.17) is 21.3 Å². The van der Waals surface area contributed by atoms with Gasteiger partial charge in [-0.05, 0) is 26.3 Å². The molecule has 2 aliphatic heterocycles. The molecular weight excluding hydrogens is 336 g/mol. The van der Waals surface area contributed by atoms with Crippen molar-refractivity contribution >= 4 is 34.5 Å². The first-order valence-electron chi connectivity index (χ1n) is 8.61. The Labute approximate surface area is 151 Å². The first-order valence-corrected chi connectivity index (χ1v) is 8.61. The van der Waals surface area contributed by atoms with E-state index in [9.17, 15) is 4.79 Å². The number of ether oxygens (including phenoxy) is 1. The lowest BCUT2D eigenvalue weighted by Crippen LogP contribution is -2.34. The number of aliphatic hydroxyl groups is 1. The quantitative estimate of drug-likeness (QED) is 0.658. The fourth-order valence-electron chi connectivity index (χ4n) is 2.95. The van der Waals surface area contributed by atoms with Gasteiger partial charge in [0.25, 0.3) is 5.91 Å². The number of hydrogen-bond donors (Lipinski definition) is 3. The van der Waals surface area contributed by atoms with Crippen molar-refractivity contribution in [1.29, 1.82) is 0 Å². The van der Waals surface area contributed by atoms with Gasteiger partial charge in [0.15, 0.2) is 11.5 Å². The minimum Gasteiger partial charge on any atom is -0.489 e. The third kappa shape index (κ3) is 3.30. The molecule has 0 spiro atoms. The second-order valence-electron chi connectivity index (χ2n) is 6.43. The van der Waals surface area contributed by atoms with Crippen LogP contribution in [0.5, 0.6) is 5.75 Å². The van der Waals surface area contributed by atoms with E-state index in [1.807, 2.05) is 18.9 Å². The molecule has 2 heterocycles. The van der Waals surface area contributed by atoms with E-state index in [0.717, 1.165) is 13.0 Å². The molecule has 0 aromatic heterocycles. The molecule has 0 atom stereocenters. The number of nitrogens with zero attached hydrogens (tertiary/aromatic N) is 4. The number of aliphatic hydroxyl groups excluding tert-OH is 1. The lowest BCUT2D eigenvalue weighted by molar-refractivity contribution is -0.129. The number of nitrogens with two attached hydrogens (primary N) is 2. The van der Waals surface area contributed by atoms with Crippen LogP contribution >= 0.6 is 0 Å². The highest BCUT2D eigenvalue weighted by Crippen LogP contribution is 2.34. The van der Waals surface area contributed by atoms with Crippen LogP contribution in [-0.4, -0.2) is 64.9 Å². The van der Waals surface area contributed by atoms with Crippen molar-refractivity contribution < 1.29 is 14.6 Å². The molecular formula is C17H24N6O3. The molecule has 0 radical (unpaired) electrons. The predicted molar refractivity (Wildman–Crippen MR) is 101 cm³/mol. The summed E-state index contributed by atoms with van der Waals surface area (Å²) in [6, 6.07) is 3.13. The smallest absolute Gasteiger partial charge is 0.294 e. The summed E-state index contributed by atoms with van der Waals surface area (Å²) < 4.78 is 5.40. The van der Waals surface area contributed by atoms with E-state index in [-0.39, 0.29) is 30.9 Å². The van der Waals surface area contributed by atoms with E-state index < -0.39 is 0 Å². The number of carbonyl (C=O) groups is 1. The Bertz CT molecular complexity index is 774. The zero-order chi connectivity index (χ0) is 18.8. The third-order valence-electron chi connectivity index (χ3n) is 4.05. The Hall–Kier alpha value is -2.81. The maximum Gasteiger partial charge on any atom is 0.294 e. The van der Waals surface area contributed by atoms with Crippen molar-refractivity contribution in [2.45, 2.75) is 26.3 Å². The Morgan fingerprint density at radius 1 is 1.23 bits per heavy atom. The van der Waals surface area contributed by atoms with Gasteiger partial charge < -0.3 is 21.3 Å². The summed E-state index contributed by atoms with van der Waals surface area (Å²) >= 11 is 0. The van der Waals surface area contributed by atoms with E-state index in [1.165, 1.54) is 6.07 Å². The minimum atomic E-state index is -0.184. The molecule has 1 amide bonds. The highest BCUT2D eigenvalue weighted by molar-refractivity contribution is 6.69. The van der Waals surface area contributed by atoms with Gasteiger partial charge in [-0.2, -0.15) is 0 Å². The Balaban J connectivity index is 2.03. The van der Waals surface area contributed by atoms with Crippen LogP contribution in [0.25, 0.3) is 0 Å². The number of anilines is 2. The van der Waals surface area contributed by atoms with Crippen LogP contribution in [0.1, 0.15) is 20.3 Å². The number of nitrogen functional groups attached to an aromatic ring is 2. The first-order chi connectivity index (χ1) is 12.4. The Kier molecular flexibility index (Phi) is 4.99. The number of rotatable bonds is 5. The van der Waals surface area contributed by atoms with Crippen LogP contribution in [0.3, 0.4) is 0 Å². The second kappa shape index (κ2) is 7.20. The van der Waals surface area contributed by atoms with Gasteiger partial charge in [-0.1, -0.05) is 0 Å². The fourth-order valence-corrected chi connectivity index (χ4v) is 2.95. The lowest BCUT2D eigenvalue weighted by Gasteiger charge is -2.19. The number of aliphatic imine (C=N–C) groups is 2. The monoisotopic (exact) mass is 360 g/mol. The maximum atomic E-state index is 12.8. The molecule has 3 rings (SSSR count). The second-order valence-corrected chi connectivity index (χ2v) is 6.43. The first kappa shape index (κ1) is 18.0. The van der Waals surface area contributed by atoms with E-state index >= 15 is 0 Å². The van der Waals surface area contributed by atoms with Crippen molar-refractivity contribution in [2.75, 3.05) is 37.8 Å². The van der Waals surface area contributed by atoms with Crippen LogP contribution in [0.15, 0.2) is 22.1 Å². The summed E-state index contributed by atoms with van der Waals surface area (Å²) in [4.78, 5) is 21.8. The van der Waals surface area contributed by atoms with Gasteiger partial charge >= 0.3 is 0 Å². The normalized spacial score (nSPS) is 19.9. The van der Waals surface area contributed by atoms with Crippen molar-refractivity contribution in [3.05, 3.63) is 12.1 Å². The van der Waals surface area contributed by atoms with Crippen LogP contribution in [0.4, 0.5) is 17.1 Å². The Morgan fingerprint density at radius 2 is 1.96 bits per heavy atom. The zero-order valence-electron chi connectivity index (χ0n) is 15.0. The molecule has 0 unspecified atom stereocenters. The molecule has 5 N–H and O–H groups in total. The average molecular weight is 360 g/mol. The topological polar surface area (TPSA) is 130 Å².